The zero-order valence-corrected chi connectivity index (χ0v) is 8.44. The van der Waals surface area contributed by atoms with E-state index in [1.54, 1.807) is 0 Å². The summed E-state index contributed by atoms with van der Waals surface area (Å²) in [5.41, 5.74) is 0.123. The Balaban J connectivity index is 2.24. The van der Waals surface area contributed by atoms with Crippen molar-refractivity contribution in [3.8, 4) is 0 Å². The number of hydrogen-bond acceptors (Lipinski definition) is 1. The van der Waals surface area contributed by atoms with Gasteiger partial charge in [-0.05, 0) is 25.2 Å². The van der Waals surface area contributed by atoms with E-state index in [0.29, 0.717) is 11.2 Å². The molecule has 1 heteroatoms. The van der Waals surface area contributed by atoms with Crippen molar-refractivity contribution in [1.29, 1.82) is 0 Å². The minimum Gasteiger partial charge on any atom is -0.299 e. The molecule has 2 fully saturated rings. The molecule has 0 aromatic heterocycles. The Hall–Kier alpha value is -0.590. The highest BCUT2D eigenvalue weighted by atomic mass is 16.1. The Morgan fingerprint density at radius 1 is 1.31 bits per heavy atom. The summed E-state index contributed by atoms with van der Waals surface area (Å²) < 4.78 is 0. The van der Waals surface area contributed by atoms with Crippen LogP contribution < -0.4 is 0 Å². The molecule has 0 aliphatic heterocycles. The van der Waals surface area contributed by atoms with Crippen molar-refractivity contribution in [1.82, 2.24) is 0 Å². The molecule has 0 bridgehead atoms. The molecular formula is C12H18O. The highest BCUT2D eigenvalue weighted by Crippen LogP contribution is 2.61. The smallest absolute Gasteiger partial charge is 0.143 e. The van der Waals surface area contributed by atoms with Crippen LogP contribution in [0.15, 0.2) is 12.7 Å². The van der Waals surface area contributed by atoms with E-state index in [2.05, 4.69) is 13.5 Å². The fraction of sp³-hybridized carbons (Fsp3) is 0.750. The quantitative estimate of drug-likeness (QED) is 0.564. The molecule has 0 aromatic carbocycles. The molecule has 0 aromatic rings. The number of rotatable bonds is 1. The van der Waals surface area contributed by atoms with Crippen molar-refractivity contribution in [3.63, 3.8) is 0 Å². The number of ketones is 1. The molecule has 2 saturated carbocycles. The lowest BCUT2D eigenvalue weighted by atomic mass is 9.45. The Bertz CT molecular complexity index is 248. The van der Waals surface area contributed by atoms with Gasteiger partial charge in [-0.1, -0.05) is 25.3 Å². The van der Waals surface area contributed by atoms with Crippen LogP contribution in [-0.4, -0.2) is 5.78 Å². The van der Waals surface area contributed by atoms with E-state index in [0.717, 1.165) is 6.42 Å². The summed E-state index contributed by atoms with van der Waals surface area (Å²) >= 11 is 0. The van der Waals surface area contributed by atoms with Gasteiger partial charge in [-0.3, -0.25) is 4.79 Å². The van der Waals surface area contributed by atoms with Gasteiger partial charge in [0.15, 0.2) is 0 Å². The molecule has 1 unspecified atom stereocenters. The predicted molar refractivity (Wildman–Crippen MR) is 53.4 cm³/mol. The first kappa shape index (κ1) is 8.98. The lowest BCUT2D eigenvalue weighted by Gasteiger charge is -2.57. The molecule has 13 heavy (non-hydrogen) atoms. The van der Waals surface area contributed by atoms with Crippen LogP contribution in [0.3, 0.4) is 0 Å². The molecule has 72 valence electrons. The fourth-order valence-corrected chi connectivity index (χ4v) is 3.12. The Morgan fingerprint density at radius 2 is 1.92 bits per heavy atom. The monoisotopic (exact) mass is 178 g/mol. The second kappa shape index (κ2) is 2.70. The Labute approximate surface area is 80.2 Å². The van der Waals surface area contributed by atoms with Gasteiger partial charge in [0.1, 0.15) is 5.78 Å². The Morgan fingerprint density at radius 3 is 2.38 bits per heavy atom. The van der Waals surface area contributed by atoms with Crippen LogP contribution in [0.5, 0.6) is 0 Å². The molecule has 0 saturated heterocycles. The largest absolute Gasteiger partial charge is 0.299 e. The van der Waals surface area contributed by atoms with Crippen LogP contribution in [0.2, 0.25) is 0 Å². The van der Waals surface area contributed by atoms with Crippen molar-refractivity contribution in [2.45, 2.75) is 45.4 Å². The minimum absolute atomic E-state index is 0.187. The molecule has 0 heterocycles. The van der Waals surface area contributed by atoms with Gasteiger partial charge in [0.05, 0.1) is 0 Å². The number of carbonyl (C=O) groups excluding carboxylic acids is 1. The first-order valence-corrected chi connectivity index (χ1v) is 5.32. The summed E-state index contributed by atoms with van der Waals surface area (Å²) in [7, 11) is 0. The second-order valence-electron chi connectivity index (χ2n) is 4.85. The first-order chi connectivity index (χ1) is 6.15. The fourth-order valence-electron chi connectivity index (χ4n) is 3.12. The summed E-state index contributed by atoms with van der Waals surface area (Å²) in [6.45, 7) is 5.91. The lowest BCUT2D eigenvalue weighted by Crippen LogP contribution is -2.57. The highest BCUT2D eigenvalue weighted by Gasteiger charge is 2.60. The number of carbonyl (C=O) groups is 1. The van der Waals surface area contributed by atoms with E-state index < -0.39 is 0 Å². The van der Waals surface area contributed by atoms with Crippen molar-refractivity contribution >= 4 is 5.78 Å². The minimum atomic E-state index is -0.187. The van der Waals surface area contributed by atoms with Gasteiger partial charge in [-0.25, -0.2) is 0 Å². The maximum Gasteiger partial charge on any atom is 0.143 e. The topological polar surface area (TPSA) is 17.1 Å². The van der Waals surface area contributed by atoms with Crippen molar-refractivity contribution in [2.75, 3.05) is 0 Å². The van der Waals surface area contributed by atoms with E-state index in [9.17, 15) is 4.79 Å². The number of allylic oxidation sites excluding steroid dienone is 1. The first-order valence-electron chi connectivity index (χ1n) is 5.32. The van der Waals surface area contributed by atoms with Gasteiger partial charge in [-0.15, -0.1) is 6.58 Å². The number of hydrogen-bond donors (Lipinski definition) is 0. The lowest BCUT2D eigenvalue weighted by molar-refractivity contribution is -0.155. The van der Waals surface area contributed by atoms with E-state index >= 15 is 0 Å². The average Bonchev–Trinajstić information content (AvgIpc) is 2.18. The van der Waals surface area contributed by atoms with Gasteiger partial charge in [0.25, 0.3) is 0 Å². The maximum atomic E-state index is 11.6. The molecule has 0 amide bonds. The second-order valence-corrected chi connectivity index (χ2v) is 4.85. The van der Waals surface area contributed by atoms with Crippen LogP contribution in [0, 0.1) is 10.8 Å². The van der Waals surface area contributed by atoms with E-state index in [4.69, 9.17) is 0 Å². The van der Waals surface area contributed by atoms with Crippen molar-refractivity contribution < 1.29 is 4.79 Å². The third-order valence-electron chi connectivity index (χ3n) is 4.40. The van der Waals surface area contributed by atoms with Crippen LogP contribution in [0.4, 0.5) is 0 Å². The highest BCUT2D eigenvalue weighted by molar-refractivity contribution is 5.94. The standard InChI is InChI=1S/C12H18O/c1-3-11(2)10(13)9-12(11)7-5-4-6-8-12/h3H,1,4-9H2,2H3. The molecule has 0 N–H and O–H groups in total. The molecule has 1 atom stereocenters. The van der Waals surface area contributed by atoms with Gasteiger partial charge in [0, 0.05) is 11.8 Å². The molecule has 1 spiro atoms. The molecule has 1 nitrogen and oxygen atoms in total. The maximum absolute atomic E-state index is 11.6. The molecular weight excluding hydrogens is 160 g/mol. The summed E-state index contributed by atoms with van der Waals surface area (Å²) in [5.74, 6) is 0.407. The Kier molecular flexibility index (Phi) is 1.86. The van der Waals surface area contributed by atoms with Crippen LogP contribution in [0.1, 0.15) is 45.4 Å². The summed E-state index contributed by atoms with van der Waals surface area (Å²) in [5, 5.41) is 0. The predicted octanol–water partition coefficient (Wildman–Crippen LogP) is 3.10. The number of Topliss-reactive ketones (excluding diaryl/α,β-unsaturated/α-hetero) is 1. The van der Waals surface area contributed by atoms with Crippen molar-refractivity contribution in [3.05, 3.63) is 12.7 Å². The van der Waals surface area contributed by atoms with Gasteiger partial charge in [0.2, 0.25) is 0 Å². The van der Waals surface area contributed by atoms with E-state index in [1.807, 2.05) is 6.08 Å². The van der Waals surface area contributed by atoms with Crippen LogP contribution in [0.25, 0.3) is 0 Å². The zero-order chi connectivity index (χ0) is 9.53. The molecule has 0 radical (unpaired) electrons. The molecule has 2 aliphatic rings. The summed E-state index contributed by atoms with van der Waals surface area (Å²) in [6.07, 6.45) is 9.14. The van der Waals surface area contributed by atoms with E-state index in [-0.39, 0.29) is 5.41 Å². The van der Waals surface area contributed by atoms with Gasteiger partial charge >= 0.3 is 0 Å². The average molecular weight is 178 g/mol. The zero-order valence-electron chi connectivity index (χ0n) is 8.44. The molecule has 2 rings (SSSR count). The third kappa shape index (κ3) is 0.962. The summed E-state index contributed by atoms with van der Waals surface area (Å²) in [6, 6.07) is 0. The van der Waals surface area contributed by atoms with Crippen LogP contribution in [-0.2, 0) is 4.79 Å². The van der Waals surface area contributed by atoms with Gasteiger partial charge in [-0.2, -0.15) is 0 Å². The SMILES string of the molecule is C=CC1(C)C(=O)CC12CCCCC2. The summed E-state index contributed by atoms with van der Waals surface area (Å²) in [4.78, 5) is 11.6. The van der Waals surface area contributed by atoms with Gasteiger partial charge < -0.3 is 0 Å². The molecule has 2 aliphatic carbocycles. The van der Waals surface area contributed by atoms with Crippen LogP contribution >= 0.6 is 0 Å². The normalized spacial score (nSPS) is 37.2. The van der Waals surface area contributed by atoms with E-state index in [1.165, 1.54) is 32.1 Å². The van der Waals surface area contributed by atoms with Crippen molar-refractivity contribution in [2.24, 2.45) is 10.8 Å². The third-order valence-corrected chi connectivity index (χ3v) is 4.40.